The van der Waals surface area contributed by atoms with Gasteiger partial charge >= 0.3 is 5.51 Å². The molecule has 21 heavy (non-hydrogen) atoms. The van der Waals surface area contributed by atoms with Crippen LogP contribution in [0.5, 0.6) is 0 Å². The lowest BCUT2D eigenvalue weighted by molar-refractivity contribution is -0.0328. The second-order valence-electron chi connectivity index (χ2n) is 5.07. The minimum absolute atomic E-state index is 0.125. The van der Waals surface area contributed by atoms with Gasteiger partial charge in [0.05, 0.1) is 0 Å². The molecule has 0 atom stereocenters. The Kier molecular flexibility index (Phi) is 3.39. The maximum Gasteiger partial charge on any atom is 0.446 e. The Morgan fingerprint density at radius 2 is 1.86 bits per heavy atom. The Balaban J connectivity index is 1.89. The van der Waals surface area contributed by atoms with E-state index in [2.05, 4.69) is 4.98 Å². The quantitative estimate of drug-likeness (QED) is 0.855. The summed E-state index contributed by atoms with van der Waals surface area (Å²) in [5.74, 6) is 1.44. The summed E-state index contributed by atoms with van der Waals surface area (Å²) in [4.78, 5) is 4.61. The molecule has 1 aliphatic rings. The largest absolute Gasteiger partial charge is 0.446 e. The van der Waals surface area contributed by atoms with Gasteiger partial charge < -0.3 is 10.3 Å². The van der Waals surface area contributed by atoms with E-state index < -0.39 is 5.51 Å². The van der Waals surface area contributed by atoms with Gasteiger partial charge in [-0.25, -0.2) is 4.98 Å². The van der Waals surface area contributed by atoms with Crippen LogP contribution in [-0.2, 0) is 0 Å². The van der Waals surface area contributed by atoms with Crippen LogP contribution in [0, 0.1) is 6.92 Å². The van der Waals surface area contributed by atoms with Crippen molar-refractivity contribution in [3.05, 3.63) is 30.1 Å². The molecule has 112 valence electrons. The number of hydrogen-bond donors (Lipinski definition) is 1. The van der Waals surface area contributed by atoms with Crippen LogP contribution in [0.1, 0.15) is 24.7 Å². The lowest BCUT2D eigenvalue weighted by Crippen LogP contribution is -2.02. The number of nitrogens with zero attached hydrogens (tertiary/aromatic N) is 2. The fourth-order valence-electron chi connectivity index (χ4n) is 2.38. The van der Waals surface area contributed by atoms with Crippen molar-refractivity contribution in [2.75, 3.05) is 5.73 Å². The van der Waals surface area contributed by atoms with Gasteiger partial charge in [0.1, 0.15) is 17.3 Å². The molecule has 0 spiro atoms. The van der Waals surface area contributed by atoms with E-state index in [-0.39, 0.29) is 16.7 Å². The highest BCUT2D eigenvalue weighted by Crippen LogP contribution is 2.41. The molecule has 1 saturated carbocycles. The Morgan fingerprint density at radius 3 is 2.38 bits per heavy atom. The minimum Gasteiger partial charge on any atom is -0.383 e. The number of rotatable bonds is 3. The molecule has 1 heterocycles. The first-order valence-electron chi connectivity index (χ1n) is 6.55. The maximum absolute atomic E-state index is 12.3. The Morgan fingerprint density at radius 1 is 1.24 bits per heavy atom. The van der Waals surface area contributed by atoms with Gasteiger partial charge in [0.25, 0.3) is 0 Å². The predicted octanol–water partition coefficient (Wildman–Crippen LogP) is 4.39. The molecule has 7 heteroatoms. The van der Waals surface area contributed by atoms with Crippen molar-refractivity contribution in [1.82, 2.24) is 9.55 Å². The summed E-state index contributed by atoms with van der Waals surface area (Å²) < 4.78 is 38.9. The van der Waals surface area contributed by atoms with Crippen molar-refractivity contribution in [2.45, 2.75) is 36.2 Å². The van der Waals surface area contributed by atoms with Gasteiger partial charge in [-0.05, 0) is 43.7 Å². The summed E-state index contributed by atoms with van der Waals surface area (Å²) in [6.45, 7) is 1.89. The number of benzene rings is 1. The summed E-state index contributed by atoms with van der Waals surface area (Å²) in [6.07, 6.45) is 2.20. The van der Waals surface area contributed by atoms with Gasteiger partial charge in [0, 0.05) is 16.5 Å². The molecular weight excluding hydrogens is 299 g/mol. The number of imidazole rings is 1. The number of alkyl halides is 3. The zero-order chi connectivity index (χ0) is 15.2. The van der Waals surface area contributed by atoms with Crippen LogP contribution in [0.2, 0.25) is 0 Å². The summed E-state index contributed by atoms with van der Waals surface area (Å²) in [7, 11) is 0. The molecule has 0 aliphatic heterocycles. The van der Waals surface area contributed by atoms with Crippen LogP contribution >= 0.6 is 11.8 Å². The highest BCUT2D eigenvalue weighted by Gasteiger charge is 2.30. The van der Waals surface area contributed by atoms with E-state index in [0.29, 0.717) is 17.6 Å². The second kappa shape index (κ2) is 4.98. The molecule has 0 unspecified atom stereocenters. The van der Waals surface area contributed by atoms with Gasteiger partial charge in [-0.1, -0.05) is 12.1 Å². The summed E-state index contributed by atoms with van der Waals surface area (Å²) >= 11 is -0.125. The molecule has 1 fully saturated rings. The van der Waals surface area contributed by atoms with Crippen LogP contribution in [0.25, 0.3) is 11.3 Å². The molecule has 1 aliphatic carbocycles. The third-order valence-corrected chi connectivity index (χ3v) is 4.14. The number of hydrogen-bond acceptors (Lipinski definition) is 3. The van der Waals surface area contributed by atoms with E-state index >= 15 is 0 Å². The van der Waals surface area contributed by atoms with Crippen LogP contribution in [-0.4, -0.2) is 15.1 Å². The van der Waals surface area contributed by atoms with E-state index in [9.17, 15) is 13.2 Å². The highest BCUT2D eigenvalue weighted by atomic mass is 32.2. The highest BCUT2D eigenvalue weighted by molar-refractivity contribution is 8.00. The average Bonchev–Trinajstić information content (AvgIpc) is 3.16. The first-order valence-corrected chi connectivity index (χ1v) is 7.37. The molecule has 0 amide bonds. The third kappa shape index (κ3) is 3.02. The van der Waals surface area contributed by atoms with Gasteiger partial charge in [-0.15, -0.1) is 0 Å². The van der Waals surface area contributed by atoms with Gasteiger partial charge in [0.2, 0.25) is 0 Å². The number of aryl methyl sites for hydroxylation is 1. The molecular formula is C14H14F3N3S. The summed E-state index contributed by atoms with van der Waals surface area (Å²) in [5, 5.41) is 0. The fourth-order valence-corrected chi connectivity index (χ4v) is 2.92. The molecule has 3 nitrogen and oxygen atoms in total. The van der Waals surface area contributed by atoms with Crippen LogP contribution in [0.15, 0.2) is 29.2 Å². The van der Waals surface area contributed by atoms with E-state index in [1.54, 1.807) is 12.1 Å². The number of halogens is 3. The van der Waals surface area contributed by atoms with E-state index in [1.807, 2.05) is 11.5 Å². The minimum atomic E-state index is -4.27. The van der Waals surface area contributed by atoms with E-state index in [1.165, 1.54) is 12.1 Å². The molecule has 0 bridgehead atoms. The first kappa shape index (κ1) is 14.3. The molecule has 2 aromatic rings. The maximum atomic E-state index is 12.3. The van der Waals surface area contributed by atoms with Crippen molar-refractivity contribution in [3.8, 4) is 11.3 Å². The topological polar surface area (TPSA) is 43.8 Å². The lowest BCUT2D eigenvalue weighted by atomic mass is 10.1. The van der Waals surface area contributed by atoms with E-state index in [0.717, 1.165) is 24.2 Å². The van der Waals surface area contributed by atoms with E-state index in [4.69, 9.17) is 5.73 Å². The Bertz CT molecular complexity index is 657. The smallest absolute Gasteiger partial charge is 0.383 e. The molecule has 0 saturated heterocycles. The predicted molar refractivity (Wildman–Crippen MR) is 77.0 cm³/mol. The Labute approximate surface area is 124 Å². The summed E-state index contributed by atoms with van der Waals surface area (Å²) in [6, 6.07) is 6.57. The average molecular weight is 313 g/mol. The number of nitrogen functional groups attached to an aromatic ring is 1. The second-order valence-corrected chi connectivity index (χ2v) is 6.20. The zero-order valence-corrected chi connectivity index (χ0v) is 12.1. The van der Waals surface area contributed by atoms with Crippen molar-refractivity contribution >= 4 is 17.6 Å². The van der Waals surface area contributed by atoms with Crippen molar-refractivity contribution in [2.24, 2.45) is 0 Å². The zero-order valence-electron chi connectivity index (χ0n) is 11.3. The molecule has 2 N–H and O–H groups in total. The van der Waals surface area contributed by atoms with Crippen molar-refractivity contribution in [1.29, 1.82) is 0 Å². The summed E-state index contributed by atoms with van der Waals surface area (Å²) in [5.41, 5.74) is 3.24. The van der Waals surface area contributed by atoms with Gasteiger partial charge in [-0.3, -0.25) is 0 Å². The van der Waals surface area contributed by atoms with Crippen molar-refractivity contribution < 1.29 is 13.2 Å². The monoisotopic (exact) mass is 313 g/mol. The van der Waals surface area contributed by atoms with Gasteiger partial charge in [0.15, 0.2) is 0 Å². The molecule has 3 rings (SSSR count). The standard InChI is InChI=1S/C14H14F3N3S/c1-8-19-12(13(18)20(8)10-4-5-10)9-2-6-11(7-3-9)21-14(15,16)17/h2-3,6-7,10H,4-5,18H2,1H3. The fraction of sp³-hybridized carbons (Fsp3) is 0.357. The van der Waals surface area contributed by atoms with Crippen molar-refractivity contribution in [3.63, 3.8) is 0 Å². The number of aromatic nitrogens is 2. The number of thioether (sulfide) groups is 1. The normalized spacial score (nSPS) is 15.4. The molecule has 0 radical (unpaired) electrons. The Hall–Kier alpha value is -1.63. The lowest BCUT2D eigenvalue weighted by Gasteiger charge is -2.07. The van der Waals surface area contributed by atoms with Crippen LogP contribution in [0.4, 0.5) is 19.0 Å². The number of anilines is 1. The van der Waals surface area contributed by atoms with Crippen LogP contribution in [0.3, 0.4) is 0 Å². The number of nitrogens with two attached hydrogens (primary N) is 1. The van der Waals surface area contributed by atoms with Crippen LogP contribution < -0.4 is 5.73 Å². The van der Waals surface area contributed by atoms with Gasteiger partial charge in [-0.2, -0.15) is 13.2 Å². The molecule has 1 aromatic heterocycles. The third-order valence-electron chi connectivity index (χ3n) is 3.40. The SMILES string of the molecule is Cc1nc(-c2ccc(SC(F)(F)F)cc2)c(N)n1C1CC1. The first-order chi connectivity index (χ1) is 9.85. The molecule has 1 aromatic carbocycles.